The standard InChI is InChI=1S/C15H29N3/c1-12-10-13(11-17(12)2)18-9-4-3-7-15(18)14-6-5-8-16-14/h12-16H,3-11H2,1-2H3. The highest BCUT2D eigenvalue weighted by Gasteiger charge is 2.38. The van der Waals surface area contributed by atoms with Gasteiger partial charge in [0.05, 0.1) is 0 Å². The Morgan fingerprint density at radius 3 is 2.67 bits per heavy atom. The molecular formula is C15H29N3. The van der Waals surface area contributed by atoms with E-state index < -0.39 is 0 Å². The molecule has 0 spiro atoms. The van der Waals surface area contributed by atoms with Crippen LogP contribution in [0.3, 0.4) is 0 Å². The number of hydrogen-bond donors (Lipinski definition) is 1. The van der Waals surface area contributed by atoms with Crippen molar-refractivity contribution in [2.75, 3.05) is 26.7 Å². The third-order valence-corrected chi connectivity index (χ3v) is 5.49. The summed E-state index contributed by atoms with van der Waals surface area (Å²) in [5, 5.41) is 3.75. The van der Waals surface area contributed by atoms with E-state index in [9.17, 15) is 0 Å². The van der Waals surface area contributed by atoms with Crippen LogP contribution >= 0.6 is 0 Å². The zero-order valence-electron chi connectivity index (χ0n) is 12.1. The summed E-state index contributed by atoms with van der Waals surface area (Å²) in [4.78, 5) is 5.41. The third-order valence-electron chi connectivity index (χ3n) is 5.49. The van der Waals surface area contributed by atoms with E-state index in [1.54, 1.807) is 0 Å². The smallest absolute Gasteiger partial charge is 0.0252 e. The van der Waals surface area contributed by atoms with Gasteiger partial charge in [0.15, 0.2) is 0 Å². The summed E-state index contributed by atoms with van der Waals surface area (Å²) < 4.78 is 0. The van der Waals surface area contributed by atoms with Crippen LogP contribution < -0.4 is 5.32 Å². The molecule has 0 bridgehead atoms. The van der Waals surface area contributed by atoms with Crippen molar-refractivity contribution < 1.29 is 0 Å². The molecule has 3 heteroatoms. The second-order valence-electron chi connectivity index (χ2n) is 6.68. The van der Waals surface area contributed by atoms with Crippen LogP contribution in [-0.4, -0.2) is 60.6 Å². The van der Waals surface area contributed by atoms with Crippen molar-refractivity contribution >= 4 is 0 Å². The first-order valence-corrected chi connectivity index (χ1v) is 7.95. The Balaban J connectivity index is 1.67. The van der Waals surface area contributed by atoms with Crippen LogP contribution in [0.15, 0.2) is 0 Å². The lowest BCUT2D eigenvalue weighted by Gasteiger charge is -2.43. The molecule has 3 aliphatic rings. The quantitative estimate of drug-likeness (QED) is 0.806. The average molecular weight is 251 g/mol. The van der Waals surface area contributed by atoms with Crippen molar-refractivity contribution in [3.8, 4) is 0 Å². The van der Waals surface area contributed by atoms with E-state index in [0.717, 1.165) is 24.2 Å². The van der Waals surface area contributed by atoms with Crippen molar-refractivity contribution in [2.24, 2.45) is 0 Å². The Labute approximate surface area is 112 Å². The number of piperidine rings is 1. The summed E-state index contributed by atoms with van der Waals surface area (Å²) in [6, 6.07) is 3.20. The lowest BCUT2D eigenvalue weighted by Crippen LogP contribution is -2.54. The molecule has 0 aliphatic carbocycles. The van der Waals surface area contributed by atoms with Crippen LogP contribution in [0, 0.1) is 0 Å². The van der Waals surface area contributed by atoms with Gasteiger partial charge in [-0.05, 0) is 59.2 Å². The molecule has 0 aromatic carbocycles. The van der Waals surface area contributed by atoms with Gasteiger partial charge in [0.25, 0.3) is 0 Å². The summed E-state index contributed by atoms with van der Waals surface area (Å²) in [6.07, 6.45) is 8.44. The normalized spacial score (nSPS) is 43.7. The predicted octanol–water partition coefficient (Wildman–Crippen LogP) is 1.69. The molecule has 4 unspecified atom stereocenters. The second kappa shape index (κ2) is 5.48. The van der Waals surface area contributed by atoms with E-state index >= 15 is 0 Å². The predicted molar refractivity (Wildman–Crippen MR) is 75.9 cm³/mol. The lowest BCUT2D eigenvalue weighted by molar-refractivity contribution is 0.0767. The lowest BCUT2D eigenvalue weighted by atomic mass is 9.92. The molecule has 0 radical (unpaired) electrons. The number of nitrogens with one attached hydrogen (secondary N) is 1. The number of hydrogen-bond acceptors (Lipinski definition) is 3. The Kier molecular flexibility index (Phi) is 3.92. The molecule has 3 aliphatic heterocycles. The van der Waals surface area contributed by atoms with Gasteiger partial charge in [-0.15, -0.1) is 0 Å². The Morgan fingerprint density at radius 1 is 1.11 bits per heavy atom. The number of likely N-dealkylation sites (tertiary alicyclic amines) is 2. The molecule has 0 saturated carbocycles. The highest BCUT2D eigenvalue weighted by Crippen LogP contribution is 2.30. The monoisotopic (exact) mass is 251 g/mol. The van der Waals surface area contributed by atoms with Gasteiger partial charge < -0.3 is 10.2 Å². The number of likely N-dealkylation sites (N-methyl/N-ethyl adjacent to an activating group) is 1. The van der Waals surface area contributed by atoms with Crippen LogP contribution in [0.5, 0.6) is 0 Å². The largest absolute Gasteiger partial charge is 0.312 e. The molecular weight excluding hydrogens is 222 g/mol. The summed E-state index contributed by atoms with van der Waals surface area (Å²) in [5.74, 6) is 0. The van der Waals surface area contributed by atoms with Gasteiger partial charge in [-0.2, -0.15) is 0 Å². The molecule has 3 fully saturated rings. The van der Waals surface area contributed by atoms with Crippen molar-refractivity contribution in [3.05, 3.63) is 0 Å². The number of rotatable bonds is 2. The van der Waals surface area contributed by atoms with Gasteiger partial charge in [-0.25, -0.2) is 0 Å². The van der Waals surface area contributed by atoms with Crippen LogP contribution in [0.1, 0.15) is 45.4 Å². The summed E-state index contributed by atoms with van der Waals surface area (Å²) >= 11 is 0. The minimum atomic E-state index is 0.772. The Bertz CT molecular complexity index is 265. The van der Waals surface area contributed by atoms with E-state index in [-0.39, 0.29) is 0 Å². The molecule has 3 rings (SSSR count). The van der Waals surface area contributed by atoms with Crippen molar-refractivity contribution in [2.45, 2.75) is 69.6 Å². The van der Waals surface area contributed by atoms with Gasteiger partial charge in [0.1, 0.15) is 0 Å². The Hall–Kier alpha value is -0.120. The molecule has 0 amide bonds. The fraction of sp³-hybridized carbons (Fsp3) is 1.00. The highest BCUT2D eigenvalue weighted by atomic mass is 15.3. The third kappa shape index (κ3) is 2.45. The molecule has 3 heterocycles. The first-order chi connectivity index (χ1) is 8.75. The highest BCUT2D eigenvalue weighted by molar-refractivity contribution is 4.96. The van der Waals surface area contributed by atoms with Crippen molar-refractivity contribution in [3.63, 3.8) is 0 Å². The van der Waals surface area contributed by atoms with Crippen LogP contribution in [-0.2, 0) is 0 Å². The van der Waals surface area contributed by atoms with Gasteiger partial charge >= 0.3 is 0 Å². The van der Waals surface area contributed by atoms with E-state index in [4.69, 9.17) is 0 Å². The van der Waals surface area contributed by atoms with Gasteiger partial charge in [-0.3, -0.25) is 4.90 Å². The topological polar surface area (TPSA) is 18.5 Å². The Morgan fingerprint density at radius 2 is 2.00 bits per heavy atom. The maximum absolute atomic E-state index is 3.75. The molecule has 1 N–H and O–H groups in total. The van der Waals surface area contributed by atoms with Gasteiger partial charge in [0.2, 0.25) is 0 Å². The minimum Gasteiger partial charge on any atom is -0.312 e. The van der Waals surface area contributed by atoms with Crippen molar-refractivity contribution in [1.29, 1.82) is 0 Å². The van der Waals surface area contributed by atoms with Crippen LogP contribution in [0.4, 0.5) is 0 Å². The first-order valence-electron chi connectivity index (χ1n) is 7.95. The fourth-order valence-electron chi connectivity index (χ4n) is 4.31. The molecule has 0 aromatic heterocycles. The molecule has 4 atom stereocenters. The average Bonchev–Trinajstić information content (AvgIpc) is 3.01. The van der Waals surface area contributed by atoms with Crippen LogP contribution in [0.2, 0.25) is 0 Å². The summed E-state index contributed by atoms with van der Waals surface area (Å²) in [6.45, 7) is 6.25. The van der Waals surface area contributed by atoms with E-state index in [2.05, 4.69) is 29.1 Å². The molecule has 3 nitrogen and oxygen atoms in total. The summed E-state index contributed by atoms with van der Waals surface area (Å²) in [7, 11) is 2.29. The van der Waals surface area contributed by atoms with Gasteiger partial charge in [0, 0.05) is 30.7 Å². The maximum atomic E-state index is 3.75. The fourth-order valence-corrected chi connectivity index (χ4v) is 4.31. The van der Waals surface area contributed by atoms with E-state index in [1.165, 1.54) is 58.2 Å². The SMILES string of the molecule is CC1CC(N2CCCCC2C2CCCN2)CN1C. The molecule has 18 heavy (non-hydrogen) atoms. The van der Waals surface area contributed by atoms with Crippen molar-refractivity contribution in [1.82, 2.24) is 15.1 Å². The van der Waals surface area contributed by atoms with Gasteiger partial charge in [-0.1, -0.05) is 6.42 Å². The molecule has 0 aromatic rings. The first kappa shape index (κ1) is 12.9. The molecule has 3 saturated heterocycles. The zero-order valence-corrected chi connectivity index (χ0v) is 12.1. The minimum absolute atomic E-state index is 0.772. The van der Waals surface area contributed by atoms with Crippen LogP contribution in [0.25, 0.3) is 0 Å². The number of nitrogens with zero attached hydrogens (tertiary/aromatic N) is 2. The van der Waals surface area contributed by atoms with E-state index in [1.807, 2.05) is 0 Å². The second-order valence-corrected chi connectivity index (χ2v) is 6.68. The maximum Gasteiger partial charge on any atom is 0.0252 e. The zero-order chi connectivity index (χ0) is 12.5. The molecule has 104 valence electrons. The van der Waals surface area contributed by atoms with E-state index in [0.29, 0.717) is 0 Å². The summed E-state index contributed by atoms with van der Waals surface area (Å²) in [5.41, 5.74) is 0.